The minimum absolute atomic E-state index is 0.0525. The molecule has 1 aromatic carbocycles. The summed E-state index contributed by atoms with van der Waals surface area (Å²) in [5, 5.41) is 8.60. The molecule has 2 rings (SSSR count). The van der Waals surface area contributed by atoms with Gasteiger partial charge in [0.2, 0.25) is 10.0 Å². The number of benzene rings is 1. The minimum atomic E-state index is -3.83. The number of nitrogens with zero attached hydrogens (tertiary/aromatic N) is 1. The number of aliphatic hydroxyl groups excluding tert-OH is 1. The molecule has 0 saturated heterocycles. The quantitative estimate of drug-likeness (QED) is 0.865. The van der Waals surface area contributed by atoms with Crippen LogP contribution in [0.4, 0.5) is 4.39 Å². The predicted molar refractivity (Wildman–Crippen MR) is 77.6 cm³/mol. The van der Waals surface area contributed by atoms with E-state index in [4.69, 9.17) is 5.11 Å². The first-order chi connectivity index (χ1) is 9.96. The second kappa shape index (κ2) is 6.56. The van der Waals surface area contributed by atoms with Gasteiger partial charge < -0.3 is 5.11 Å². The molecular formula is C15H18FNO3S. The van der Waals surface area contributed by atoms with Gasteiger partial charge in [-0.3, -0.25) is 0 Å². The first-order valence-electron chi connectivity index (χ1n) is 6.84. The third kappa shape index (κ3) is 3.43. The third-order valence-electron chi connectivity index (χ3n) is 3.74. The topological polar surface area (TPSA) is 57.6 Å². The summed E-state index contributed by atoms with van der Waals surface area (Å²) in [5.74, 6) is 4.13. The Morgan fingerprint density at radius 3 is 2.62 bits per heavy atom. The maximum Gasteiger partial charge on any atom is 0.245 e. The summed E-state index contributed by atoms with van der Waals surface area (Å²) >= 11 is 0. The Labute approximate surface area is 124 Å². The Hall–Kier alpha value is -1.42. The number of hydrogen-bond acceptors (Lipinski definition) is 3. The van der Waals surface area contributed by atoms with Gasteiger partial charge in [-0.05, 0) is 31.0 Å². The van der Waals surface area contributed by atoms with E-state index in [9.17, 15) is 12.8 Å². The third-order valence-corrected chi connectivity index (χ3v) is 5.68. The van der Waals surface area contributed by atoms with Crippen LogP contribution in [-0.4, -0.2) is 37.5 Å². The molecule has 1 N–H and O–H groups in total. The van der Waals surface area contributed by atoms with Crippen LogP contribution in [0, 0.1) is 17.7 Å². The standard InChI is InChI=1S/C15H18FNO3S/c1-17(13-6-2-3-7-13)21(19,20)15-9-8-12(5-4-10-18)11-14(15)16/h8-9,11,13,18H,2-3,6-7,10H2,1H3. The summed E-state index contributed by atoms with van der Waals surface area (Å²) in [6, 6.07) is 3.71. The molecule has 21 heavy (non-hydrogen) atoms. The van der Waals surface area contributed by atoms with Crippen molar-refractivity contribution in [3.63, 3.8) is 0 Å². The highest BCUT2D eigenvalue weighted by molar-refractivity contribution is 7.89. The summed E-state index contributed by atoms with van der Waals surface area (Å²) in [7, 11) is -2.33. The SMILES string of the molecule is CN(C1CCCC1)S(=O)(=O)c1ccc(C#CCO)cc1F. The van der Waals surface area contributed by atoms with Crippen molar-refractivity contribution >= 4 is 10.0 Å². The van der Waals surface area contributed by atoms with Gasteiger partial charge in [-0.15, -0.1) is 0 Å². The van der Waals surface area contributed by atoms with Crippen LogP contribution in [0.25, 0.3) is 0 Å². The van der Waals surface area contributed by atoms with Gasteiger partial charge in [-0.25, -0.2) is 12.8 Å². The maximum atomic E-state index is 14.1. The monoisotopic (exact) mass is 311 g/mol. The molecule has 1 fully saturated rings. The number of hydrogen-bond donors (Lipinski definition) is 1. The lowest BCUT2D eigenvalue weighted by atomic mass is 10.2. The van der Waals surface area contributed by atoms with Crippen molar-refractivity contribution in [1.82, 2.24) is 4.31 Å². The Morgan fingerprint density at radius 1 is 1.38 bits per heavy atom. The average molecular weight is 311 g/mol. The van der Waals surface area contributed by atoms with E-state index in [1.807, 2.05) is 0 Å². The molecule has 0 unspecified atom stereocenters. The highest BCUT2D eigenvalue weighted by Crippen LogP contribution is 2.28. The van der Waals surface area contributed by atoms with Crippen molar-refractivity contribution in [1.29, 1.82) is 0 Å². The summed E-state index contributed by atoms with van der Waals surface area (Å²) in [6.07, 6.45) is 3.64. The molecule has 0 spiro atoms. The fraction of sp³-hybridized carbons (Fsp3) is 0.467. The van der Waals surface area contributed by atoms with Crippen LogP contribution >= 0.6 is 0 Å². The van der Waals surface area contributed by atoms with E-state index in [1.54, 1.807) is 0 Å². The van der Waals surface area contributed by atoms with Crippen molar-refractivity contribution in [3.05, 3.63) is 29.6 Å². The first kappa shape index (κ1) is 16.0. The zero-order valence-electron chi connectivity index (χ0n) is 11.8. The van der Waals surface area contributed by atoms with Crippen LogP contribution in [0.5, 0.6) is 0 Å². The lowest BCUT2D eigenvalue weighted by Gasteiger charge is -2.23. The Morgan fingerprint density at radius 2 is 2.05 bits per heavy atom. The Bertz CT molecular complexity index is 670. The molecule has 114 valence electrons. The molecule has 0 aliphatic heterocycles. The summed E-state index contributed by atoms with van der Waals surface area (Å²) in [4.78, 5) is -0.327. The van der Waals surface area contributed by atoms with Crippen molar-refractivity contribution in [2.75, 3.05) is 13.7 Å². The van der Waals surface area contributed by atoms with Gasteiger partial charge in [0.1, 0.15) is 17.3 Å². The molecule has 0 amide bonds. The smallest absolute Gasteiger partial charge is 0.245 e. The maximum absolute atomic E-state index is 14.1. The fourth-order valence-electron chi connectivity index (χ4n) is 2.55. The molecular weight excluding hydrogens is 293 g/mol. The van der Waals surface area contributed by atoms with E-state index in [0.717, 1.165) is 31.7 Å². The minimum Gasteiger partial charge on any atom is -0.384 e. The number of halogens is 1. The molecule has 0 bridgehead atoms. The van der Waals surface area contributed by atoms with Gasteiger partial charge in [0.05, 0.1) is 0 Å². The van der Waals surface area contributed by atoms with Crippen molar-refractivity contribution in [3.8, 4) is 11.8 Å². The second-order valence-electron chi connectivity index (χ2n) is 5.06. The molecule has 1 aromatic rings. The number of sulfonamides is 1. The van der Waals surface area contributed by atoms with Crippen LogP contribution in [-0.2, 0) is 10.0 Å². The van der Waals surface area contributed by atoms with Crippen LogP contribution in [0.2, 0.25) is 0 Å². The van der Waals surface area contributed by atoms with Crippen LogP contribution < -0.4 is 0 Å². The zero-order chi connectivity index (χ0) is 15.5. The highest BCUT2D eigenvalue weighted by Gasteiger charge is 2.31. The largest absolute Gasteiger partial charge is 0.384 e. The lowest BCUT2D eigenvalue weighted by molar-refractivity contribution is 0.350. The van der Waals surface area contributed by atoms with E-state index in [2.05, 4.69) is 11.8 Å². The Kier molecular flexibility index (Phi) is 4.99. The van der Waals surface area contributed by atoms with Gasteiger partial charge in [0.15, 0.2) is 0 Å². The lowest BCUT2D eigenvalue weighted by Crippen LogP contribution is -2.35. The normalized spacial score (nSPS) is 16.0. The number of rotatable bonds is 3. The number of aliphatic hydroxyl groups is 1. The van der Waals surface area contributed by atoms with Crippen LogP contribution in [0.15, 0.2) is 23.1 Å². The van der Waals surface area contributed by atoms with E-state index in [-0.39, 0.29) is 17.5 Å². The van der Waals surface area contributed by atoms with Gasteiger partial charge in [-0.1, -0.05) is 24.7 Å². The van der Waals surface area contributed by atoms with Gasteiger partial charge in [0.25, 0.3) is 0 Å². The molecule has 1 aliphatic rings. The second-order valence-corrected chi connectivity index (χ2v) is 7.03. The van der Waals surface area contributed by atoms with E-state index < -0.39 is 15.8 Å². The van der Waals surface area contributed by atoms with E-state index >= 15 is 0 Å². The van der Waals surface area contributed by atoms with Gasteiger partial charge in [0, 0.05) is 18.7 Å². The van der Waals surface area contributed by atoms with Crippen molar-refractivity contribution in [2.24, 2.45) is 0 Å². The molecule has 0 aromatic heterocycles. The molecule has 0 radical (unpaired) electrons. The highest BCUT2D eigenvalue weighted by atomic mass is 32.2. The first-order valence-corrected chi connectivity index (χ1v) is 8.28. The molecule has 0 heterocycles. The predicted octanol–water partition coefficient (Wildman–Crippen LogP) is 1.73. The summed E-state index contributed by atoms with van der Waals surface area (Å²) in [6.45, 7) is -0.327. The van der Waals surface area contributed by atoms with Gasteiger partial charge >= 0.3 is 0 Å². The molecule has 1 saturated carbocycles. The van der Waals surface area contributed by atoms with Crippen LogP contribution in [0.1, 0.15) is 31.2 Å². The van der Waals surface area contributed by atoms with Crippen LogP contribution in [0.3, 0.4) is 0 Å². The summed E-state index contributed by atoms with van der Waals surface area (Å²) < 4.78 is 40.3. The van der Waals surface area contributed by atoms with Gasteiger partial charge in [-0.2, -0.15) is 4.31 Å². The molecule has 6 heteroatoms. The zero-order valence-corrected chi connectivity index (χ0v) is 12.7. The Balaban J connectivity index is 2.31. The van der Waals surface area contributed by atoms with Crippen molar-refractivity contribution < 1.29 is 17.9 Å². The van der Waals surface area contributed by atoms with Crippen molar-refractivity contribution in [2.45, 2.75) is 36.6 Å². The van der Waals surface area contributed by atoms with E-state index in [0.29, 0.717) is 5.56 Å². The fourth-order valence-corrected chi connectivity index (χ4v) is 4.01. The molecule has 0 atom stereocenters. The average Bonchev–Trinajstić information content (AvgIpc) is 2.98. The molecule has 4 nitrogen and oxygen atoms in total. The summed E-state index contributed by atoms with van der Waals surface area (Å²) in [5.41, 5.74) is 0.337. The van der Waals surface area contributed by atoms with E-state index in [1.165, 1.54) is 23.5 Å². The molecule has 1 aliphatic carbocycles.